The second kappa shape index (κ2) is 6.84. The molecule has 0 radical (unpaired) electrons. The number of hydrogen-bond acceptors (Lipinski definition) is 6. The number of anilines is 2. The van der Waals surface area contributed by atoms with Crippen LogP contribution in [0.1, 0.15) is 13.8 Å². The smallest absolute Gasteiger partial charge is 0.242 e. The van der Waals surface area contributed by atoms with Crippen molar-refractivity contribution in [1.29, 1.82) is 0 Å². The lowest BCUT2D eigenvalue weighted by atomic mass is 10.4. The zero-order valence-electron chi connectivity index (χ0n) is 11.3. The van der Waals surface area contributed by atoms with E-state index in [1.54, 1.807) is 11.8 Å². The molecule has 0 saturated carbocycles. The van der Waals surface area contributed by atoms with E-state index in [1.807, 2.05) is 37.0 Å². The summed E-state index contributed by atoms with van der Waals surface area (Å²) in [6, 6.07) is 0. The van der Waals surface area contributed by atoms with Crippen molar-refractivity contribution in [3.8, 4) is 0 Å². The van der Waals surface area contributed by atoms with Gasteiger partial charge in [-0.25, -0.2) is 0 Å². The zero-order valence-corrected chi connectivity index (χ0v) is 12.9. The van der Waals surface area contributed by atoms with Gasteiger partial charge in [-0.15, -0.1) is 11.8 Å². The fraction of sp³-hybridized carbons (Fsp3) is 0.636. The first kappa shape index (κ1) is 15.1. The Morgan fingerprint density at radius 2 is 2.06 bits per heavy atom. The van der Waals surface area contributed by atoms with Crippen LogP contribution in [0.5, 0.6) is 0 Å². The van der Waals surface area contributed by atoms with E-state index in [1.165, 1.54) is 11.5 Å². The number of aromatic nitrogens is 1. The van der Waals surface area contributed by atoms with Crippen molar-refractivity contribution in [3.05, 3.63) is 0 Å². The Labute approximate surface area is 116 Å². The standard InChI is InChI=1S/C11H20N4OS2/c1-5-15(6-2)8(16)7-14(3)11-9(17-4)10(12)13-18-11/h5-7H2,1-4H3,(H2,12,13). The van der Waals surface area contributed by atoms with Gasteiger partial charge in [-0.1, -0.05) is 0 Å². The van der Waals surface area contributed by atoms with Gasteiger partial charge in [0.05, 0.1) is 11.4 Å². The van der Waals surface area contributed by atoms with E-state index < -0.39 is 0 Å². The number of nitrogens with zero attached hydrogens (tertiary/aromatic N) is 3. The van der Waals surface area contributed by atoms with E-state index in [9.17, 15) is 4.79 Å². The molecule has 2 N–H and O–H groups in total. The molecule has 1 aromatic heterocycles. The van der Waals surface area contributed by atoms with Crippen LogP contribution >= 0.6 is 23.3 Å². The SMILES string of the molecule is CCN(CC)C(=O)CN(C)c1snc(N)c1SC. The normalized spacial score (nSPS) is 10.4. The average molecular weight is 288 g/mol. The molecule has 0 fully saturated rings. The first-order valence-corrected chi connectivity index (χ1v) is 7.82. The summed E-state index contributed by atoms with van der Waals surface area (Å²) in [6.07, 6.45) is 1.96. The fourth-order valence-electron chi connectivity index (χ4n) is 1.67. The van der Waals surface area contributed by atoms with Crippen molar-refractivity contribution in [2.24, 2.45) is 0 Å². The molecule has 1 amide bonds. The van der Waals surface area contributed by atoms with Crippen LogP contribution < -0.4 is 10.6 Å². The predicted octanol–water partition coefficient (Wildman–Crippen LogP) is 1.75. The molecule has 0 atom stereocenters. The zero-order chi connectivity index (χ0) is 13.7. The lowest BCUT2D eigenvalue weighted by molar-refractivity contribution is -0.129. The highest BCUT2D eigenvalue weighted by Gasteiger charge is 2.18. The molecule has 0 spiro atoms. The van der Waals surface area contributed by atoms with Crippen LogP contribution in [0.4, 0.5) is 10.8 Å². The maximum Gasteiger partial charge on any atom is 0.242 e. The molecular weight excluding hydrogens is 268 g/mol. The molecule has 0 aliphatic rings. The lowest BCUT2D eigenvalue weighted by Crippen LogP contribution is -2.38. The van der Waals surface area contributed by atoms with E-state index in [-0.39, 0.29) is 5.91 Å². The summed E-state index contributed by atoms with van der Waals surface area (Å²) in [6.45, 7) is 5.81. The van der Waals surface area contributed by atoms with Gasteiger partial charge in [0.1, 0.15) is 5.00 Å². The molecule has 0 bridgehead atoms. The van der Waals surface area contributed by atoms with Crippen molar-refractivity contribution < 1.29 is 4.79 Å². The molecule has 1 aromatic rings. The van der Waals surface area contributed by atoms with Crippen LogP contribution in [0.25, 0.3) is 0 Å². The van der Waals surface area contributed by atoms with E-state index in [4.69, 9.17) is 5.73 Å². The Morgan fingerprint density at radius 1 is 1.44 bits per heavy atom. The third kappa shape index (κ3) is 3.29. The second-order valence-corrected chi connectivity index (χ2v) is 5.40. The first-order valence-electron chi connectivity index (χ1n) is 5.83. The Hall–Kier alpha value is -0.950. The number of rotatable bonds is 6. The Bertz CT molecular complexity index is 404. The number of nitrogens with two attached hydrogens (primary N) is 1. The van der Waals surface area contributed by atoms with Gasteiger partial charge in [0, 0.05) is 20.1 Å². The highest BCUT2D eigenvalue weighted by molar-refractivity contribution is 7.99. The molecule has 0 aromatic carbocycles. The lowest BCUT2D eigenvalue weighted by Gasteiger charge is -2.23. The van der Waals surface area contributed by atoms with Crippen molar-refractivity contribution in [2.75, 3.05) is 43.6 Å². The monoisotopic (exact) mass is 288 g/mol. The van der Waals surface area contributed by atoms with Crippen molar-refractivity contribution in [3.63, 3.8) is 0 Å². The summed E-state index contributed by atoms with van der Waals surface area (Å²) >= 11 is 2.90. The summed E-state index contributed by atoms with van der Waals surface area (Å²) in [7, 11) is 1.90. The number of amides is 1. The molecule has 0 unspecified atom stereocenters. The molecule has 1 rings (SSSR count). The second-order valence-electron chi connectivity index (χ2n) is 3.83. The van der Waals surface area contributed by atoms with Gasteiger partial charge in [-0.05, 0) is 31.6 Å². The minimum Gasteiger partial charge on any atom is -0.382 e. The summed E-state index contributed by atoms with van der Waals surface area (Å²) < 4.78 is 4.13. The molecule has 18 heavy (non-hydrogen) atoms. The van der Waals surface area contributed by atoms with E-state index in [2.05, 4.69) is 4.37 Å². The van der Waals surface area contributed by atoms with Crippen LogP contribution in [0.2, 0.25) is 0 Å². The number of likely N-dealkylation sites (N-methyl/N-ethyl adjacent to an activating group) is 2. The maximum absolute atomic E-state index is 12.0. The number of carbonyl (C=O) groups is 1. The Morgan fingerprint density at radius 3 is 2.56 bits per heavy atom. The largest absolute Gasteiger partial charge is 0.382 e. The molecular formula is C11H20N4OS2. The van der Waals surface area contributed by atoms with Crippen molar-refractivity contribution in [2.45, 2.75) is 18.7 Å². The van der Waals surface area contributed by atoms with Gasteiger partial charge >= 0.3 is 0 Å². The quantitative estimate of drug-likeness (QED) is 0.808. The van der Waals surface area contributed by atoms with Gasteiger partial charge in [0.15, 0.2) is 5.82 Å². The van der Waals surface area contributed by atoms with Crippen LogP contribution in [-0.2, 0) is 4.79 Å². The number of carbonyl (C=O) groups excluding carboxylic acids is 1. The van der Waals surface area contributed by atoms with E-state index >= 15 is 0 Å². The highest BCUT2D eigenvalue weighted by Crippen LogP contribution is 2.36. The van der Waals surface area contributed by atoms with Gasteiger partial charge in [-0.2, -0.15) is 4.37 Å². The molecule has 0 aliphatic heterocycles. The van der Waals surface area contributed by atoms with Crippen LogP contribution in [0, 0.1) is 0 Å². The van der Waals surface area contributed by atoms with Crippen molar-refractivity contribution in [1.82, 2.24) is 9.27 Å². The Balaban J connectivity index is 2.76. The minimum absolute atomic E-state index is 0.126. The number of thioether (sulfide) groups is 1. The van der Waals surface area contributed by atoms with E-state index in [0.717, 1.165) is 23.0 Å². The summed E-state index contributed by atoms with van der Waals surface area (Å²) in [5.74, 6) is 0.672. The number of nitrogen functional groups attached to an aromatic ring is 1. The molecule has 102 valence electrons. The molecule has 0 saturated heterocycles. The summed E-state index contributed by atoms with van der Waals surface area (Å²) in [5.41, 5.74) is 5.79. The maximum atomic E-state index is 12.0. The van der Waals surface area contributed by atoms with Crippen molar-refractivity contribution >= 4 is 40.0 Å². The minimum atomic E-state index is 0.126. The van der Waals surface area contributed by atoms with Crippen LogP contribution in [0.3, 0.4) is 0 Å². The molecule has 5 nitrogen and oxygen atoms in total. The number of hydrogen-bond donors (Lipinski definition) is 1. The van der Waals surface area contributed by atoms with Gasteiger partial charge < -0.3 is 15.5 Å². The highest BCUT2D eigenvalue weighted by atomic mass is 32.2. The first-order chi connectivity index (χ1) is 8.54. The molecule has 0 aliphatic carbocycles. The molecule has 1 heterocycles. The van der Waals surface area contributed by atoms with Crippen LogP contribution in [0.15, 0.2) is 4.90 Å². The summed E-state index contributed by atoms with van der Waals surface area (Å²) in [5, 5.41) is 0.959. The molecule has 7 heteroatoms. The third-order valence-corrected chi connectivity index (χ3v) is 4.61. The summed E-state index contributed by atoms with van der Waals surface area (Å²) in [4.78, 5) is 16.7. The van der Waals surface area contributed by atoms with Crippen LogP contribution in [-0.4, -0.2) is 48.1 Å². The average Bonchev–Trinajstić information content (AvgIpc) is 2.71. The van der Waals surface area contributed by atoms with Gasteiger partial charge in [0.25, 0.3) is 0 Å². The van der Waals surface area contributed by atoms with Gasteiger partial charge in [-0.3, -0.25) is 4.79 Å². The topological polar surface area (TPSA) is 62.5 Å². The predicted molar refractivity (Wildman–Crippen MR) is 79.5 cm³/mol. The fourth-order valence-corrected chi connectivity index (χ4v) is 3.34. The Kier molecular flexibility index (Phi) is 5.74. The van der Waals surface area contributed by atoms with E-state index in [0.29, 0.717) is 12.4 Å². The third-order valence-electron chi connectivity index (χ3n) is 2.70. The van der Waals surface area contributed by atoms with Gasteiger partial charge in [0.2, 0.25) is 5.91 Å².